The van der Waals surface area contributed by atoms with E-state index in [2.05, 4.69) is 10.6 Å². The van der Waals surface area contributed by atoms with Crippen LogP contribution in [0, 0.1) is 0 Å². The first-order valence-corrected chi connectivity index (χ1v) is 7.21. The largest absolute Gasteiger partial charge is 0.464 e. The number of fused-ring (bicyclic) bond motifs is 3. The van der Waals surface area contributed by atoms with Gasteiger partial charge in [-0.15, -0.1) is 0 Å². The fraction of sp³-hybridized carbons (Fsp3) is 0.375. The zero-order chi connectivity index (χ0) is 14.8. The third-order valence-electron chi connectivity index (χ3n) is 3.89. The third-order valence-corrected chi connectivity index (χ3v) is 3.89. The molecular weight excluding hydrogens is 268 g/mol. The number of Topliss-reactive ketones (excluding diaryl/α,β-unsaturated/α-hetero) is 1. The number of nitrogens with one attached hydrogen (secondary N) is 2. The minimum Gasteiger partial charge on any atom is -0.464 e. The molecule has 0 radical (unpaired) electrons. The number of aryl methyl sites for hydroxylation is 1. The lowest BCUT2D eigenvalue weighted by Crippen LogP contribution is -2.18. The standard InChI is InChI=1S/C16H18N2O3/c1-17-14(20)4-2-3-10-9-21-13-6-5-11-16(15(10)13)12(19)7-8-18-11/h5-6,9,18H,2-4,7-8H2,1H3,(H,17,20). The minimum atomic E-state index is 0.0302. The fourth-order valence-corrected chi connectivity index (χ4v) is 2.82. The quantitative estimate of drug-likeness (QED) is 0.906. The first-order chi connectivity index (χ1) is 10.2. The molecule has 1 aromatic heterocycles. The minimum absolute atomic E-state index is 0.0302. The summed E-state index contributed by atoms with van der Waals surface area (Å²) >= 11 is 0. The van der Waals surface area contributed by atoms with Crippen LogP contribution in [0.15, 0.2) is 22.8 Å². The molecule has 2 heterocycles. The predicted molar refractivity (Wildman–Crippen MR) is 80.7 cm³/mol. The van der Waals surface area contributed by atoms with Crippen molar-refractivity contribution in [1.82, 2.24) is 5.32 Å². The normalized spacial score (nSPS) is 13.9. The molecule has 1 aliphatic heterocycles. The molecule has 1 amide bonds. The van der Waals surface area contributed by atoms with E-state index < -0.39 is 0 Å². The zero-order valence-corrected chi connectivity index (χ0v) is 12.0. The van der Waals surface area contributed by atoms with Gasteiger partial charge in [0.15, 0.2) is 5.78 Å². The summed E-state index contributed by atoms with van der Waals surface area (Å²) < 4.78 is 5.57. The maximum Gasteiger partial charge on any atom is 0.219 e. The first-order valence-electron chi connectivity index (χ1n) is 7.21. The van der Waals surface area contributed by atoms with Crippen LogP contribution in [0.3, 0.4) is 0 Å². The van der Waals surface area contributed by atoms with E-state index in [1.165, 1.54) is 0 Å². The van der Waals surface area contributed by atoms with E-state index in [0.717, 1.165) is 40.6 Å². The van der Waals surface area contributed by atoms with Crippen LogP contribution in [0.4, 0.5) is 5.69 Å². The molecule has 2 aromatic rings. The molecule has 110 valence electrons. The van der Waals surface area contributed by atoms with Gasteiger partial charge in [-0.2, -0.15) is 0 Å². The molecule has 0 bridgehead atoms. The topological polar surface area (TPSA) is 71.3 Å². The molecule has 21 heavy (non-hydrogen) atoms. The van der Waals surface area contributed by atoms with Crippen molar-refractivity contribution in [2.45, 2.75) is 25.7 Å². The molecule has 2 N–H and O–H groups in total. The Labute approximate surface area is 122 Å². The maximum atomic E-state index is 12.2. The van der Waals surface area contributed by atoms with E-state index in [1.807, 2.05) is 12.1 Å². The second kappa shape index (κ2) is 5.60. The number of furan rings is 1. The van der Waals surface area contributed by atoms with Gasteiger partial charge in [-0.25, -0.2) is 0 Å². The van der Waals surface area contributed by atoms with Gasteiger partial charge in [-0.05, 0) is 30.5 Å². The van der Waals surface area contributed by atoms with Crippen LogP contribution < -0.4 is 10.6 Å². The van der Waals surface area contributed by atoms with E-state index in [-0.39, 0.29) is 11.7 Å². The highest BCUT2D eigenvalue weighted by molar-refractivity contribution is 6.14. The van der Waals surface area contributed by atoms with Crippen molar-refractivity contribution in [1.29, 1.82) is 0 Å². The molecule has 5 heteroatoms. The molecule has 0 saturated carbocycles. The summed E-state index contributed by atoms with van der Waals surface area (Å²) in [7, 11) is 1.64. The second-order valence-electron chi connectivity index (χ2n) is 5.25. The van der Waals surface area contributed by atoms with Crippen LogP contribution in [0.5, 0.6) is 0 Å². The predicted octanol–water partition coefficient (Wildman–Crippen LogP) is 2.50. The van der Waals surface area contributed by atoms with Crippen LogP contribution in [-0.2, 0) is 11.2 Å². The van der Waals surface area contributed by atoms with Crippen LogP contribution in [-0.4, -0.2) is 25.3 Å². The Bertz CT molecular complexity index is 703. The number of amides is 1. The summed E-state index contributed by atoms with van der Waals surface area (Å²) in [5.41, 5.74) is 3.36. The molecule has 0 spiro atoms. The highest BCUT2D eigenvalue weighted by Gasteiger charge is 2.22. The maximum absolute atomic E-state index is 12.2. The lowest BCUT2D eigenvalue weighted by molar-refractivity contribution is -0.120. The Morgan fingerprint density at radius 3 is 3.10 bits per heavy atom. The number of benzene rings is 1. The molecular formula is C16H18N2O3. The van der Waals surface area contributed by atoms with Crippen molar-refractivity contribution in [2.75, 3.05) is 18.9 Å². The average Bonchev–Trinajstić information content (AvgIpc) is 2.90. The van der Waals surface area contributed by atoms with Crippen molar-refractivity contribution in [3.8, 4) is 0 Å². The van der Waals surface area contributed by atoms with Gasteiger partial charge >= 0.3 is 0 Å². The monoisotopic (exact) mass is 286 g/mol. The van der Waals surface area contributed by atoms with Crippen molar-refractivity contribution in [2.24, 2.45) is 0 Å². The lowest BCUT2D eigenvalue weighted by Gasteiger charge is -2.17. The number of hydrogen-bond donors (Lipinski definition) is 2. The van der Waals surface area contributed by atoms with Gasteiger partial charge in [0.1, 0.15) is 5.58 Å². The molecule has 0 saturated heterocycles. The van der Waals surface area contributed by atoms with Gasteiger partial charge in [-0.3, -0.25) is 9.59 Å². The van der Waals surface area contributed by atoms with E-state index in [4.69, 9.17) is 4.42 Å². The van der Waals surface area contributed by atoms with Gasteiger partial charge in [-0.1, -0.05) is 0 Å². The molecule has 5 nitrogen and oxygen atoms in total. The number of anilines is 1. The Morgan fingerprint density at radius 2 is 2.29 bits per heavy atom. The zero-order valence-electron chi connectivity index (χ0n) is 12.0. The smallest absolute Gasteiger partial charge is 0.219 e. The second-order valence-corrected chi connectivity index (χ2v) is 5.25. The van der Waals surface area contributed by atoms with Crippen LogP contribution in [0.2, 0.25) is 0 Å². The number of ketones is 1. The summed E-state index contributed by atoms with van der Waals surface area (Å²) in [6.07, 6.45) is 4.15. The highest BCUT2D eigenvalue weighted by Crippen LogP contribution is 2.34. The average molecular weight is 286 g/mol. The molecule has 0 atom stereocenters. The Morgan fingerprint density at radius 1 is 1.43 bits per heavy atom. The summed E-state index contributed by atoms with van der Waals surface area (Å²) in [6.45, 7) is 0.682. The van der Waals surface area contributed by atoms with E-state index in [9.17, 15) is 9.59 Å². The number of carbonyl (C=O) groups is 2. The summed E-state index contributed by atoms with van der Waals surface area (Å²) in [6, 6.07) is 3.79. The summed E-state index contributed by atoms with van der Waals surface area (Å²) in [4.78, 5) is 23.5. The molecule has 1 aliphatic rings. The van der Waals surface area contributed by atoms with Crippen molar-refractivity contribution < 1.29 is 14.0 Å². The summed E-state index contributed by atoms with van der Waals surface area (Å²) in [5.74, 6) is 0.186. The first kappa shape index (κ1) is 13.7. The molecule has 1 aromatic carbocycles. The summed E-state index contributed by atoms with van der Waals surface area (Å²) in [5, 5.41) is 6.78. The van der Waals surface area contributed by atoms with Gasteiger partial charge in [0, 0.05) is 37.5 Å². The fourth-order valence-electron chi connectivity index (χ4n) is 2.82. The van der Waals surface area contributed by atoms with E-state index >= 15 is 0 Å². The molecule has 0 fully saturated rings. The number of hydrogen-bond acceptors (Lipinski definition) is 4. The highest BCUT2D eigenvalue weighted by atomic mass is 16.3. The Hall–Kier alpha value is -2.30. The van der Waals surface area contributed by atoms with Gasteiger partial charge in [0.25, 0.3) is 0 Å². The van der Waals surface area contributed by atoms with Crippen molar-refractivity contribution in [3.05, 3.63) is 29.5 Å². The number of rotatable bonds is 4. The van der Waals surface area contributed by atoms with E-state index in [1.54, 1.807) is 13.3 Å². The van der Waals surface area contributed by atoms with E-state index in [0.29, 0.717) is 19.4 Å². The molecule has 0 aliphatic carbocycles. The van der Waals surface area contributed by atoms with Crippen molar-refractivity contribution >= 4 is 28.3 Å². The third kappa shape index (κ3) is 2.51. The Balaban J connectivity index is 1.93. The lowest BCUT2D eigenvalue weighted by atomic mass is 9.94. The van der Waals surface area contributed by atoms with Gasteiger partial charge in [0.05, 0.1) is 11.8 Å². The molecule has 0 unspecified atom stereocenters. The molecule has 3 rings (SSSR count). The van der Waals surface area contributed by atoms with Gasteiger partial charge in [0.2, 0.25) is 5.91 Å². The van der Waals surface area contributed by atoms with Gasteiger partial charge < -0.3 is 15.1 Å². The van der Waals surface area contributed by atoms with Crippen LogP contribution >= 0.6 is 0 Å². The van der Waals surface area contributed by atoms with Crippen molar-refractivity contribution in [3.63, 3.8) is 0 Å². The SMILES string of the molecule is CNC(=O)CCCc1coc2ccc3c(c12)C(=O)CCN3. The van der Waals surface area contributed by atoms with Crippen LogP contribution in [0.1, 0.15) is 35.2 Å². The Kier molecular flexibility index (Phi) is 3.64. The van der Waals surface area contributed by atoms with Crippen LogP contribution in [0.25, 0.3) is 11.0 Å². The number of carbonyl (C=O) groups excluding carboxylic acids is 2.